The Hall–Kier alpha value is -0.830. The Kier molecular flexibility index (Phi) is 13.8. The number of rotatable bonds is 5. The van der Waals surface area contributed by atoms with E-state index < -0.39 is 23.6 Å². The third-order valence-electron chi connectivity index (χ3n) is 3.54. The normalized spacial score (nSPS) is 13.0. The minimum absolute atomic E-state index is 0.331. The molecule has 8 heteroatoms. The number of hydrogen-bond acceptors (Lipinski definition) is 4. The Morgan fingerprint density at radius 1 is 0.889 bits per heavy atom. The maximum atomic E-state index is 10.2. The molecule has 2 aromatic carbocycles. The van der Waals surface area contributed by atoms with Gasteiger partial charge in [0, 0.05) is 0 Å². The number of carboxylic acids is 2. The van der Waals surface area contributed by atoms with Crippen molar-refractivity contribution in [3.63, 3.8) is 0 Å². The van der Waals surface area contributed by atoms with E-state index in [-0.39, 0.29) is 0 Å². The number of carbonyl (C=O) groups is 2. The molecule has 27 heavy (non-hydrogen) atoms. The van der Waals surface area contributed by atoms with Crippen molar-refractivity contribution in [1.82, 2.24) is 0 Å². The van der Waals surface area contributed by atoms with Crippen molar-refractivity contribution >= 4 is 11.9 Å². The molecule has 0 bridgehead atoms. The van der Waals surface area contributed by atoms with Gasteiger partial charge in [-0.3, -0.25) is 0 Å². The van der Waals surface area contributed by atoms with E-state index in [0.29, 0.717) is 63.4 Å². The van der Waals surface area contributed by atoms with Crippen molar-refractivity contribution < 1.29 is 82.3 Å². The van der Waals surface area contributed by atoms with E-state index in [1.54, 1.807) is 67.6 Å². The molecule has 138 valence electrons. The molecule has 2 rings (SSSR count). The van der Waals surface area contributed by atoms with Crippen LogP contribution in [0.25, 0.3) is 0 Å². The summed E-state index contributed by atoms with van der Waals surface area (Å²) in [4.78, 5) is 20.4. The number of aliphatic hydroxyl groups excluding tert-OH is 1. The van der Waals surface area contributed by atoms with Gasteiger partial charge in [-0.25, -0.2) is 9.59 Å². The summed E-state index contributed by atoms with van der Waals surface area (Å²) in [6, 6.07) is 16.6. The second kappa shape index (κ2) is 14.2. The van der Waals surface area contributed by atoms with Crippen LogP contribution in [-0.4, -0.2) is 44.1 Å². The van der Waals surface area contributed by atoms with Crippen LogP contribution >= 0.6 is 0 Å². The van der Waals surface area contributed by atoms with Crippen LogP contribution in [0.5, 0.6) is 0 Å². The van der Waals surface area contributed by atoms with Gasteiger partial charge in [0.05, 0.1) is 11.1 Å². The van der Waals surface area contributed by atoms with Crippen molar-refractivity contribution in [2.24, 2.45) is 0 Å². The van der Waals surface area contributed by atoms with Crippen molar-refractivity contribution in [1.29, 1.82) is 0 Å². The molecule has 4 N–H and O–H groups in total. The van der Waals surface area contributed by atoms with Crippen LogP contribution in [-0.2, 0) is 52.2 Å². The number of aliphatic hydroxyl groups is 2. The molecule has 2 atom stereocenters. The van der Waals surface area contributed by atoms with Crippen LogP contribution in [0.15, 0.2) is 60.7 Å². The van der Waals surface area contributed by atoms with Gasteiger partial charge < -0.3 is 10.2 Å². The van der Waals surface area contributed by atoms with Crippen LogP contribution in [0.2, 0.25) is 7.86 Å². The minimum Gasteiger partial charge on any atom is -0.478 e. The van der Waals surface area contributed by atoms with Gasteiger partial charge in [0.1, 0.15) is 0 Å². The Morgan fingerprint density at radius 2 is 1.22 bits per heavy atom. The van der Waals surface area contributed by atoms with Crippen LogP contribution in [0.4, 0.5) is 0 Å². The zero-order chi connectivity index (χ0) is 20.9. The van der Waals surface area contributed by atoms with E-state index in [1.165, 1.54) is 0 Å². The standard InChI is InChI=1S/2C7H6O2.C5H10O2.2Hg/c2*8-7(9)6-4-2-1-3-5-6;1-4(6)5(2,3)7;;/h2*1-5H,(H,8,9);4,6-7H,1-2H2,3H3;;. The summed E-state index contributed by atoms with van der Waals surface area (Å²) in [5.74, 6) is -1.76. The number of aromatic carboxylic acids is 2. The van der Waals surface area contributed by atoms with Crippen molar-refractivity contribution in [2.45, 2.75) is 26.5 Å². The number of carboxylic acid groups (broad SMARTS) is 2. The number of benzene rings is 2. The largest absolute Gasteiger partial charge is 0.478 e. The second-order valence-electron chi connectivity index (χ2n) is 5.75. The van der Waals surface area contributed by atoms with Gasteiger partial charge in [-0.2, -0.15) is 0 Å². The zero-order valence-corrected chi connectivity index (χ0v) is 26.3. The molecule has 0 saturated carbocycles. The quantitative estimate of drug-likeness (QED) is 0.351. The monoisotopic (exact) mass is 750 g/mol. The molecular formula is C19H22Hg2O6. The van der Waals surface area contributed by atoms with Gasteiger partial charge in [-0.15, -0.1) is 0 Å². The summed E-state index contributed by atoms with van der Waals surface area (Å²) in [5.41, 5.74) is -0.0970. The van der Waals surface area contributed by atoms with Crippen LogP contribution in [0.1, 0.15) is 27.6 Å². The molecular weight excluding hydrogens is 725 g/mol. The second-order valence-corrected chi connectivity index (χ2v) is 9.94. The van der Waals surface area contributed by atoms with E-state index in [0.717, 1.165) is 7.86 Å². The molecule has 0 amide bonds. The summed E-state index contributed by atoms with van der Waals surface area (Å²) >= 11 is 1.20. The first-order chi connectivity index (χ1) is 12.7. The first kappa shape index (κ1) is 26.2. The van der Waals surface area contributed by atoms with Crippen LogP contribution < -0.4 is 0 Å². The maximum absolute atomic E-state index is 10.2. The van der Waals surface area contributed by atoms with Crippen molar-refractivity contribution in [2.75, 3.05) is 0 Å². The first-order valence-electron chi connectivity index (χ1n) is 8.21. The fourth-order valence-corrected chi connectivity index (χ4v) is 5.35. The van der Waals surface area contributed by atoms with Crippen molar-refractivity contribution in [3.8, 4) is 0 Å². The average Bonchev–Trinajstić information content (AvgIpc) is 2.69. The molecule has 6 nitrogen and oxygen atoms in total. The van der Waals surface area contributed by atoms with E-state index in [1.807, 2.05) is 0 Å². The Labute approximate surface area is 191 Å². The summed E-state index contributed by atoms with van der Waals surface area (Å²) in [7, 11) is 0. The Morgan fingerprint density at radius 3 is 1.37 bits per heavy atom. The maximum Gasteiger partial charge on any atom is 0.335 e. The van der Waals surface area contributed by atoms with E-state index in [9.17, 15) is 19.8 Å². The summed E-state index contributed by atoms with van der Waals surface area (Å²) < 4.78 is 1.66. The predicted octanol–water partition coefficient (Wildman–Crippen LogP) is 2.80. The number of hydrogen-bond donors (Lipinski definition) is 4. The molecule has 2 unspecified atom stereocenters. The van der Waals surface area contributed by atoms with E-state index in [2.05, 4.69) is 0 Å². The first-order valence-corrected chi connectivity index (χ1v) is 16.0. The average molecular weight is 748 g/mol. The Balaban J connectivity index is 0.000000376. The fourth-order valence-electron chi connectivity index (χ4n) is 1.64. The third-order valence-corrected chi connectivity index (χ3v) is 9.60. The Bertz CT molecular complexity index is 628. The predicted molar refractivity (Wildman–Crippen MR) is 93.0 cm³/mol. The molecule has 0 aliphatic rings. The summed E-state index contributed by atoms with van der Waals surface area (Å²) in [6.45, 7) is 1.73. The molecule has 0 fully saturated rings. The van der Waals surface area contributed by atoms with Gasteiger partial charge in [-0.05, 0) is 24.3 Å². The summed E-state index contributed by atoms with van der Waals surface area (Å²) in [6.07, 6.45) is -0.446. The molecule has 0 spiro atoms. The molecule has 0 aliphatic heterocycles. The fraction of sp³-hybridized carbons (Fsp3) is 0.263. The topological polar surface area (TPSA) is 115 Å². The van der Waals surface area contributed by atoms with Crippen LogP contribution in [0.3, 0.4) is 0 Å². The molecule has 2 aromatic rings. The minimum atomic E-state index is -0.879. The molecule has 0 radical (unpaired) electrons. The molecule has 0 saturated heterocycles. The van der Waals surface area contributed by atoms with Gasteiger partial charge in [0.25, 0.3) is 0 Å². The van der Waals surface area contributed by atoms with Gasteiger partial charge in [0.15, 0.2) is 0 Å². The zero-order valence-electron chi connectivity index (χ0n) is 15.3. The van der Waals surface area contributed by atoms with E-state index >= 15 is 0 Å². The summed E-state index contributed by atoms with van der Waals surface area (Å²) in [5, 5.41) is 35.4. The van der Waals surface area contributed by atoms with Gasteiger partial charge in [0.2, 0.25) is 0 Å². The van der Waals surface area contributed by atoms with Gasteiger partial charge >= 0.3 is 101 Å². The SMILES string of the molecule is CC(O)([CH2][Hg])C(O)[CH2][Hg].O=C(O)c1ccccc1.O=C(O)c1ccccc1. The molecule has 0 heterocycles. The van der Waals surface area contributed by atoms with Crippen molar-refractivity contribution in [3.05, 3.63) is 71.8 Å². The van der Waals surface area contributed by atoms with Gasteiger partial charge in [-0.1, -0.05) is 36.4 Å². The third kappa shape index (κ3) is 11.6. The molecule has 0 aromatic heterocycles. The van der Waals surface area contributed by atoms with E-state index in [4.69, 9.17) is 10.2 Å². The smallest absolute Gasteiger partial charge is 0.335 e. The molecule has 0 aliphatic carbocycles. The van der Waals surface area contributed by atoms with Crippen LogP contribution in [0, 0.1) is 0 Å².